The maximum Gasteiger partial charge on any atom is 0.239 e. The molecule has 0 aliphatic heterocycles. The first-order chi connectivity index (χ1) is 6.66. The number of phenols is 2. The van der Waals surface area contributed by atoms with Gasteiger partial charge in [0.2, 0.25) is 5.95 Å². The highest BCUT2D eigenvalue weighted by Gasteiger charge is 2.06. The van der Waals surface area contributed by atoms with E-state index in [9.17, 15) is 5.11 Å². The van der Waals surface area contributed by atoms with Crippen molar-refractivity contribution in [2.75, 3.05) is 5.73 Å². The number of anilines is 1. The minimum atomic E-state index is -0.211. The smallest absolute Gasteiger partial charge is 0.239 e. The Balaban J connectivity index is 2.47. The minimum absolute atomic E-state index is 0.132. The lowest BCUT2D eigenvalue weighted by Crippen LogP contribution is -1.85. The van der Waals surface area contributed by atoms with Crippen molar-refractivity contribution >= 4 is 5.95 Å². The van der Waals surface area contributed by atoms with Gasteiger partial charge in [-0.1, -0.05) is 0 Å². The molecular weight excluding hydrogens is 184 g/mol. The van der Waals surface area contributed by atoms with Crippen molar-refractivity contribution in [1.29, 1.82) is 0 Å². The monoisotopic (exact) mass is 192 g/mol. The zero-order valence-electron chi connectivity index (χ0n) is 7.10. The largest absolute Gasteiger partial charge is 0.504 e. The van der Waals surface area contributed by atoms with Crippen LogP contribution in [0.1, 0.15) is 0 Å². The van der Waals surface area contributed by atoms with E-state index in [4.69, 9.17) is 10.8 Å². The average molecular weight is 192 g/mol. The molecule has 6 heteroatoms. The summed E-state index contributed by atoms with van der Waals surface area (Å²) in [5.41, 5.74) is 5.92. The summed E-state index contributed by atoms with van der Waals surface area (Å²) in [6.07, 6.45) is 0. The van der Waals surface area contributed by atoms with Crippen LogP contribution < -0.4 is 5.73 Å². The van der Waals surface area contributed by atoms with Crippen LogP contribution in [0.3, 0.4) is 0 Å². The van der Waals surface area contributed by atoms with Gasteiger partial charge in [0.15, 0.2) is 17.3 Å². The Kier molecular flexibility index (Phi) is 1.74. The van der Waals surface area contributed by atoms with Crippen LogP contribution in [0.25, 0.3) is 11.4 Å². The van der Waals surface area contributed by atoms with Crippen LogP contribution in [-0.4, -0.2) is 25.4 Å². The van der Waals surface area contributed by atoms with E-state index in [0.717, 1.165) is 0 Å². The van der Waals surface area contributed by atoms with E-state index in [1.807, 2.05) is 0 Å². The summed E-state index contributed by atoms with van der Waals surface area (Å²) in [5, 5.41) is 24.5. The quantitative estimate of drug-likeness (QED) is 0.491. The molecule has 72 valence electrons. The van der Waals surface area contributed by atoms with Gasteiger partial charge >= 0.3 is 0 Å². The highest BCUT2D eigenvalue weighted by atomic mass is 16.3. The molecule has 0 saturated carbocycles. The molecule has 6 nitrogen and oxygen atoms in total. The van der Waals surface area contributed by atoms with E-state index in [2.05, 4.69) is 15.2 Å². The van der Waals surface area contributed by atoms with Crippen LogP contribution in [0.2, 0.25) is 0 Å². The van der Waals surface area contributed by atoms with Crippen LogP contribution in [0.5, 0.6) is 11.5 Å². The zero-order valence-corrected chi connectivity index (χ0v) is 7.10. The number of hydrogen-bond donors (Lipinski definition) is 4. The van der Waals surface area contributed by atoms with Crippen LogP contribution in [-0.2, 0) is 0 Å². The third-order valence-corrected chi connectivity index (χ3v) is 1.75. The number of phenolic OH excluding ortho intramolecular Hbond substituents is 2. The number of nitrogens with zero attached hydrogens (tertiary/aromatic N) is 2. The number of rotatable bonds is 1. The first kappa shape index (κ1) is 8.36. The SMILES string of the molecule is Nc1n[nH]c(-c2ccc(O)c(O)c2)n1. The number of nitrogens with one attached hydrogen (secondary N) is 1. The molecule has 2 aromatic rings. The van der Waals surface area contributed by atoms with Crippen LogP contribution in [0.4, 0.5) is 5.95 Å². The Morgan fingerprint density at radius 2 is 2.00 bits per heavy atom. The number of benzene rings is 1. The summed E-state index contributed by atoms with van der Waals surface area (Å²) in [5.74, 6) is 0.184. The molecule has 0 fully saturated rings. The van der Waals surface area contributed by atoms with Gasteiger partial charge in [0.05, 0.1) is 0 Å². The Bertz CT molecular complexity index is 466. The van der Waals surface area contributed by atoms with Crippen LogP contribution in [0, 0.1) is 0 Å². The Labute approximate surface area is 79.0 Å². The van der Waals surface area contributed by atoms with Gasteiger partial charge in [-0.25, -0.2) is 0 Å². The van der Waals surface area contributed by atoms with Crippen molar-refractivity contribution in [3.8, 4) is 22.9 Å². The van der Waals surface area contributed by atoms with E-state index in [-0.39, 0.29) is 17.4 Å². The molecule has 1 heterocycles. The molecule has 0 atom stereocenters. The maximum absolute atomic E-state index is 9.22. The third-order valence-electron chi connectivity index (χ3n) is 1.75. The molecule has 0 aliphatic rings. The molecule has 5 N–H and O–H groups in total. The summed E-state index contributed by atoms with van der Waals surface area (Å²) >= 11 is 0. The summed E-state index contributed by atoms with van der Waals surface area (Å²) in [6, 6.07) is 4.33. The predicted molar refractivity (Wildman–Crippen MR) is 49.6 cm³/mol. The standard InChI is InChI=1S/C8H8N4O2/c9-8-10-7(11-12-8)4-1-2-5(13)6(14)3-4/h1-3,13-14H,(H3,9,10,11,12). The van der Waals surface area contributed by atoms with E-state index in [1.54, 1.807) is 6.07 Å². The molecule has 0 radical (unpaired) electrons. The molecule has 2 rings (SSSR count). The number of H-pyrrole nitrogens is 1. The Morgan fingerprint density at radius 3 is 2.57 bits per heavy atom. The number of hydrogen-bond acceptors (Lipinski definition) is 5. The molecule has 0 spiro atoms. The van der Waals surface area contributed by atoms with Gasteiger partial charge in [0.25, 0.3) is 0 Å². The zero-order chi connectivity index (χ0) is 10.1. The second kappa shape index (κ2) is 2.91. The lowest BCUT2D eigenvalue weighted by molar-refractivity contribution is 0.404. The summed E-state index contributed by atoms with van der Waals surface area (Å²) < 4.78 is 0. The van der Waals surface area contributed by atoms with E-state index in [1.165, 1.54) is 12.1 Å². The van der Waals surface area contributed by atoms with E-state index >= 15 is 0 Å². The Hall–Kier alpha value is -2.24. The molecule has 0 saturated heterocycles. The molecule has 14 heavy (non-hydrogen) atoms. The summed E-state index contributed by atoms with van der Waals surface area (Å²) in [4.78, 5) is 3.87. The number of nitrogens with two attached hydrogens (primary N) is 1. The summed E-state index contributed by atoms with van der Waals surface area (Å²) in [6.45, 7) is 0. The lowest BCUT2D eigenvalue weighted by atomic mass is 10.2. The second-order valence-electron chi connectivity index (χ2n) is 2.75. The van der Waals surface area contributed by atoms with Crippen LogP contribution in [0.15, 0.2) is 18.2 Å². The van der Waals surface area contributed by atoms with E-state index in [0.29, 0.717) is 11.4 Å². The van der Waals surface area contributed by atoms with Gasteiger partial charge in [-0.3, -0.25) is 5.10 Å². The minimum Gasteiger partial charge on any atom is -0.504 e. The highest BCUT2D eigenvalue weighted by Crippen LogP contribution is 2.28. The molecule has 0 amide bonds. The molecule has 1 aromatic heterocycles. The summed E-state index contributed by atoms with van der Waals surface area (Å²) in [7, 11) is 0. The number of aromatic amines is 1. The normalized spacial score (nSPS) is 10.3. The highest BCUT2D eigenvalue weighted by molar-refractivity contribution is 5.60. The first-order valence-corrected chi connectivity index (χ1v) is 3.87. The van der Waals surface area contributed by atoms with Gasteiger partial charge in [-0.05, 0) is 18.2 Å². The fraction of sp³-hybridized carbons (Fsp3) is 0. The average Bonchev–Trinajstić information content (AvgIpc) is 2.57. The predicted octanol–water partition coefficient (Wildman–Crippen LogP) is 0.465. The molecule has 0 aliphatic carbocycles. The topological polar surface area (TPSA) is 108 Å². The van der Waals surface area contributed by atoms with Gasteiger partial charge in [0.1, 0.15) is 0 Å². The fourth-order valence-electron chi connectivity index (χ4n) is 1.07. The lowest BCUT2D eigenvalue weighted by Gasteiger charge is -1.99. The van der Waals surface area contributed by atoms with Gasteiger partial charge in [0, 0.05) is 5.56 Å². The number of aromatic hydroxyl groups is 2. The molecule has 1 aromatic carbocycles. The molecule has 0 unspecified atom stereocenters. The number of aromatic nitrogens is 3. The Morgan fingerprint density at radius 1 is 1.21 bits per heavy atom. The number of nitrogen functional groups attached to an aromatic ring is 1. The van der Waals surface area contributed by atoms with Crippen molar-refractivity contribution < 1.29 is 10.2 Å². The first-order valence-electron chi connectivity index (χ1n) is 3.87. The fourth-order valence-corrected chi connectivity index (χ4v) is 1.07. The van der Waals surface area contributed by atoms with Crippen molar-refractivity contribution in [3.63, 3.8) is 0 Å². The third kappa shape index (κ3) is 1.33. The molecular formula is C8H8N4O2. The van der Waals surface area contributed by atoms with Crippen molar-refractivity contribution in [2.45, 2.75) is 0 Å². The second-order valence-corrected chi connectivity index (χ2v) is 2.75. The van der Waals surface area contributed by atoms with Gasteiger partial charge in [-0.2, -0.15) is 4.98 Å². The van der Waals surface area contributed by atoms with Crippen LogP contribution >= 0.6 is 0 Å². The van der Waals surface area contributed by atoms with E-state index < -0.39 is 0 Å². The molecule has 0 bridgehead atoms. The van der Waals surface area contributed by atoms with Gasteiger partial charge in [-0.15, -0.1) is 5.10 Å². The van der Waals surface area contributed by atoms with Gasteiger partial charge < -0.3 is 15.9 Å². The van der Waals surface area contributed by atoms with Crippen molar-refractivity contribution in [1.82, 2.24) is 15.2 Å². The maximum atomic E-state index is 9.22. The van der Waals surface area contributed by atoms with Crippen molar-refractivity contribution in [3.05, 3.63) is 18.2 Å². The van der Waals surface area contributed by atoms with Crippen molar-refractivity contribution in [2.24, 2.45) is 0 Å².